The van der Waals surface area contributed by atoms with Crippen molar-refractivity contribution in [2.45, 2.75) is 18.8 Å². The molecule has 3 nitrogen and oxygen atoms in total. The van der Waals surface area contributed by atoms with Gasteiger partial charge in [-0.3, -0.25) is 0 Å². The van der Waals surface area contributed by atoms with E-state index in [0.717, 1.165) is 25.0 Å². The van der Waals surface area contributed by atoms with Crippen molar-refractivity contribution < 1.29 is 13.2 Å². The van der Waals surface area contributed by atoms with E-state index in [1.54, 1.807) is 6.07 Å². The van der Waals surface area contributed by atoms with E-state index >= 15 is 0 Å². The van der Waals surface area contributed by atoms with Crippen molar-refractivity contribution in [3.05, 3.63) is 46.1 Å². The SMILES string of the molecule is Fc1ccc(Nc2cc(Br)nc(C3CC3)n2)c(F)c1F. The minimum absolute atomic E-state index is 0.170. The highest BCUT2D eigenvalue weighted by molar-refractivity contribution is 9.10. The van der Waals surface area contributed by atoms with E-state index in [2.05, 4.69) is 31.2 Å². The van der Waals surface area contributed by atoms with Crippen molar-refractivity contribution in [2.24, 2.45) is 0 Å². The molecular formula is C13H9BrF3N3. The van der Waals surface area contributed by atoms with Crippen LogP contribution in [0.4, 0.5) is 24.7 Å². The van der Waals surface area contributed by atoms with Gasteiger partial charge in [-0.2, -0.15) is 0 Å². The van der Waals surface area contributed by atoms with Crippen LogP contribution in [0.3, 0.4) is 0 Å². The number of anilines is 2. The largest absolute Gasteiger partial charge is 0.338 e. The first-order chi connectivity index (χ1) is 9.54. The van der Waals surface area contributed by atoms with Gasteiger partial charge >= 0.3 is 0 Å². The molecular weight excluding hydrogens is 335 g/mol. The van der Waals surface area contributed by atoms with Gasteiger partial charge in [0.1, 0.15) is 16.2 Å². The molecule has 0 aliphatic heterocycles. The van der Waals surface area contributed by atoms with Crippen LogP contribution in [0.15, 0.2) is 22.8 Å². The Bertz CT molecular complexity index is 674. The lowest BCUT2D eigenvalue weighted by atomic mass is 10.2. The molecule has 0 bridgehead atoms. The van der Waals surface area contributed by atoms with Gasteiger partial charge in [0.05, 0.1) is 5.69 Å². The summed E-state index contributed by atoms with van der Waals surface area (Å²) >= 11 is 3.25. The van der Waals surface area contributed by atoms with E-state index in [1.165, 1.54) is 0 Å². The maximum Gasteiger partial charge on any atom is 0.196 e. The molecule has 104 valence electrons. The fraction of sp³-hybridized carbons (Fsp3) is 0.231. The van der Waals surface area contributed by atoms with Crippen molar-refractivity contribution in [2.75, 3.05) is 5.32 Å². The zero-order valence-corrected chi connectivity index (χ0v) is 11.7. The summed E-state index contributed by atoms with van der Waals surface area (Å²) in [4.78, 5) is 8.48. The normalized spacial score (nSPS) is 14.4. The Morgan fingerprint density at radius 2 is 1.85 bits per heavy atom. The van der Waals surface area contributed by atoms with Crippen molar-refractivity contribution in [3.8, 4) is 0 Å². The van der Waals surface area contributed by atoms with E-state index in [9.17, 15) is 13.2 Å². The molecule has 1 aliphatic carbocycles. The lowest BCUT2D eigenvalue weighted by Crippen LogP contribution is -2.03. The number of rotatable bonds is 3. The van der Waals surface area contributed by atoms with E-state index < -0.39 is 17.5 Å². The molecule has 1 aromatic heterocycles. The number of hydrogen-bond acceptors (Lipinski definition) is 3. The van der Waals surface area contributed by atoms with Gasteiger partial charge in [0.2, 0.25) is 0 Å². The van der Waals surface area contributed by atoms with Gasteiger partial charge in [0, 0.05) is 12.0 Å². The quantitative estimate of drug-likeness (QED) is 0.667. The highest BCUT2D eigenvalue weighted by Gasteiger charge is 2.27. The Hall–Kier alpha value is -1.63. The van der Waals surface area contributed by atoms with Crippen LogP contribution in [-0.2, 0) is 0 Å². The molecule has 1 N–H and O–H groups in total. The second-order valence-electron chi connectivity index (χ2n) is 4.56. The Kier molecular flexibility index (Phi) is 3.37. The molecule has 0 unspecified atom stereocenters. The van der Waals surface area contributed by atoms with Gasteiger partial charge < -0.3 is 5.32 Å². The highest BCUT2D eigenvalue weighted by Crippen LogP contribution is 2.39. The Morgan fingerprint density at radius 1 is 1.10 bits per heavy atom. The van der Waals surface area contributed by atoms with E-state index in [0.29, 0.717) is 22.2 Å². The van der Waals surface area contributed by atoms with Crippen molar-refractivity contribution in [1.82, 2.24) is 9.97 Å². The number of nitrogens with zero attached hydrogens (tertiary/aromatic N) is 2. The van der Waals surface area contributed by atoms with Crippen LogP contribution < -0.4 is 5.32 Å². The lowest BCUT2D eigenvalue weighted by Gasteiger charge is -2.09. The monoisotopic (exact) mass is 343 g/mol. The molecule has 2 aromatic rings. The summed E-state index contributed by atoms with van der Waals surface area (Å²) in [6.45, 7) is 0. The maximum atomic E-state index is 13.6. The molecule has 0 saturated heterocycles. The summed E-state index contributed by atoms with van der Waals surface area (Å²) in [6.07, 6.45) is 2.05. The summed E-state index contributed by atoms with van der Waals surface area (Å²) in [5.41, 5.74) is -0.170. The smallest absolute Gasteiger partial charge is 0.196 e. The summed E-state index contributed by atoms with van der Waals surface area (Å²) in [6, 6.07) is 3.53. The van der Waals surface area contributed by atoms with Crippen molar-refractivity contribution in [3.63, 3.8) is 0 Å². The third-order valence-electron chi connectivity index (χ3n) is 2.95. The second kappa shape index (κ2) is 5.05. The van der Waals surface area contributed by atoms with Crippen LogP contribution in [0.2, 0.25) is 0 Å². The first-order valence-corrected chi connectivity index (χ1v) is 6.79. The number of hydrogen-bond donors (Lipinski definition) is 1. The molecule has 1 heterocycles. The second-order valence-corrected chi connectivity index (χ2v) is 5.37. The molecule has 1 fully saturated rings. The molecule has 3 rings (SSSR count). The van der Waals surface area contributed by atoms with Gasteiger partial charge in [-0.1, -0.05) is 0 Å². The topological polar surface area (TPSA) is 37.8 Å². The van der Waals surface area contributed by atoms with E-state index in [1.807, 2.05) is 0 Å². The average Bonchev–Trinajstić information content (AvgIpc) is 3.23. The number of halogens is 4. The molecule has 0 spiro atoms. The van der Waals surface area contributed by atoms with E-state index in [-0.39, 0.29) is 5.69 Å². The zero-order valence-electron chi connectivity index (χ0n) is 10.1. The van der Waals surface area contributed by atoms with Gasteiger partial charge in [-0.05, 0) is 40.9 Å². The van der Waals surface area contributed by atoms with Crippen LogP contribution in [0.5, 0.6) is 0 Å². The first-order valence-electron chi connectivity index (χ1n) is 5.99. The predicted octanol–water partition coefficient (Wildman–Crippen LogP) is 4.28. The Labute approximate surface area is 121 Å². The Balaban J connectivity index is 1.93. The van der Waals surface area contributed by atoms with Gasteiger partial charge in [-0.15, -0.1) is 0 Å². The molecule has 1 aromatic carbocycles. The highest BCUT2D eigenvalue weighted by atomic mass is 79.9. The minimum Gasteiger partial charge on any atom is -0.338 e. The lowest BCUT2D eigenvalue weighted by molar-refractivity contribution is 0.449. The van der Waals surface area contributed by atoms with Crippen molar-refractivity contribution in [1.29, 1.82) is 0 Å². The molecule has 1 saturated carbocycles. The molecule has 1 aliphatic rings. The molecule has 20 heavy (non-hydrogen) atoms. The van der Waals surface area contributed by atoms with Crippen molar-refractivity contribution >= 4 is 27.4 Å². The molecule has 0 amide bonds. The fourth-order valence-corrected chi connectivity index (χ4v) is 2.18. The van der Waals surface area contributed by atoms with Crippen LogP contribution in [-0.4, -0.2) is 9.97 Å². The Morgan fingerprint density at radius 3 is 2.55 bits per heavy atom. The molecule has 7 heteroatoms. The molecule has 0 atom stereocenters. The van der Waals surface area contributed by atoms with Crippen LogP contribution >= 0.6 is 15.9 Å². The average molecular weight is 344 g/mol. The maximum absolute atomic E-state index is 13.6. The first kappa shape index (κ1) is 13.4. The van der Waals surface area contributed by atoms with Crippen LogP contribution in [0.1, 0.15) is 24.6 Å². The van der Waals surface area contributed by atoms with Crippen LogP contribution in [0.25, 0.3) is 0 Å². The minimum atomic E-state index is -1.51. The number of aromatic nitrogens is 2. The standard InChI is InChI=1S/C13H9BrF3N3/c14-9-5-10(20-13(19-9)6-1-2-6)18-8-4-3-7(15)11(16)12(8)17/h3-6H,1-2H2,(H,18,19,20). The summed E-state index contributed by atoms with van der Waals surface area (Å²) < 4.78 is 40.2. The summed E-state index contributed by atoms with van der Waals surface area (Å²) in [5, 5.41) is 2.64. The van der Waals surface area contributed by atoms with Gasteiger partial charge in [0.15, 0.2) is 17.5 Å². The molecule has 0 radical (unpaired) electrons. The number of nitrogens with one attached hydrogen (secondary N) is 1. The van der Waals surface area contributed by atoms with Gasteiger partial charge in [0.25, 0.3) is 0 Å². The van der Waals surface area contributed by atoms with Gasteiger partial charge in [-0.25, -0.2) is 23.1 Å². The zero-order chi connectivity index (χ0) is 14.3. The third kappa shape index (κ3) is 2.63. The third-order valence-corrected chi connectivity index (χ3v) is 3.36. The summed E-state index contributed by atoms with van der Waals surface area (Å²) in [7, 11) is 0. The van der Waals surface area contributed by atoms with E-state index in [4.69, 9.17) is 0 Å². The van der Waals surface area contributed by atoms with Crippen LogP contribution in [0, 0.1) is 17.5 Å². The number of benzene rings is 1. The fourth-order valence-electron chi connectivity index (χ4n) is 1.78. The summed E-state index contributed by atoms with van der Waals surface area (Å²) in [5.74, 6) is -2.69. The predicted molar refractivity (Wildman–Crippen MR) is 71.3 cm³/mol.